The Morgan fingerprint density at radius 2 is 1.86 bits per heavy atom. The number of hydrogen-bond acceptors (Lipinski definition) is 5. The highest BCUT2D eigenvalue weighted by Gasteiger charge is 2.39. The zero-order valence-electron chi connectivity index (χ0n) is 20.1. The van der Waals surface area contributed by atoms with Crippen LogP contribution >= 0.6 is 23.1 Å². The number of benzene rings is 3. The van der Waals surface area contributed by atoms with Crippen molar-refractivity contribution in [3.8, 4) is 0 Å². The molecule has 3 heterocycles. The molecular weight excluding hydrogens is 484 g/mol. The number of fused-ring (bicyclic) bond motifs is 2. The fourth-order valence-electron chi connectivity index (χ4n) is 5.02. The van der Waals surface area contributed by atoms with Crippen LogP contribution in [0.4, 0.5) is 0 Å². The Bertz CT molecular complexity index is 1430. The Morgan fingerprint density at radius 3 is 2.69 bits per heavy atom. The van der Waals surface area contributed by atoms with Crippen molar-refractivity contribution in [1.82, 2.24) is 19.8 Å². The molecule has 1 saturated heterocycles. The number of aromatic nitrogens is 2. The second-order valence-corrected chi connectivity index (χ2v) is 11.9. The van der Waals surface area contributed by atoms with E-state index in [9.17, 15) is 4.79 Å². The van der Waals surface area contributed by atoms with Gasteiger partial charge in [-0.2, -0.15) is 0 Å². The molecule has 1 amide bonds. The van der Waals surface area contributed by atoms with E-state index in [1.54, 1.807) is 23.1 Å². The zero-order chi connectivity index (χ0) is 24.5. The third-order valence-corrected chi connectivity index (χ3v) is 8.96. The number of carbonyl (C=O) groups is 1. The summed E-state index contributed by atoms with van der Waals surface area (Å²) >= 11 is 3.52. The average Bonchev–Trinajstić information content (AvgIpc) is 3.60. The van der Waals surface area contributed by atoms with Gasteiger partial charge in [-0.3, -0.25) is 9.69 Å². The Hall–Kier alpha value is -3.13. The number of imidazole rings is 1. The number of nitrogens with zero attached hydrogens (tertiary/aromatic N) is 3. The van der Waals surface area contributed by atoms with Gasteiger partial charge in [0.2, 0.25) is 5.91 Å². The summed E-state index contributed by atoms with van der Waals surface area (Å²) in [5, 5.41) is 2.46. The number of carbonyl (C=O) groups excluding carboxylic acids is 1. The van der Waals surface area contributed by atoms with Crippen LogP contribution in [0.5, 0.6) is 0 Å². The summed E-state index contributed by atoms with van der Waals surface area (Å²) in [7, 11) is 1.94. The molecule has 36 heavy (non-hydrogen) atoms. The lowest BCUT2D eigenvalue weighted by Crippen LogP contribution is -2.43. The first-order valence-corrected chi connectivity index (χ1v) is 13.9. The molecule has 0 unspecified atom stereocenters. The molecule has 0 radical (unpaired) electrons. The minimum atomic E-state index is -0.147. The summed E-state index contributed by atoms with van der Waals surface area (Å²) in [6.45, 7) is 2.25. The maximum Gasteiger partial charge on any atom is 0.240 e. The first-order chi connectivity index (χ1) is 17.6. The molecule has 3 aromatic carbocycles. The number of rotatable bonds is 7. The molecule has 1 aliphatic rings. The van der Waals surface area contributed by atoms with Gasteiger partial charge in [-0.05, 0) is 41.6 Å². The average molecular weight is 513 g/mol. The number of amides is 1. The number of thioether (sulfide) groups is 1. The number of likely N-dealkylation sites (N-methyl/N-ethyl adjacent to an activating group) is 1. The second kappa shape index (κ2) is 10.1. The quantitative estimate of drug-likeness (QED) is 0.283. The first-order valence-electron chi connectivity index (χ1n) is 12.2. The molecule has 182 valence electrons. The Balaban J connectivity index is 1.20. The highest BCUT2D eigenvalue weighted by atomic mass is 32.2. The predicted molar refractivity (Wildman–Crippen MR) is 149 cm³/mol. The van der Waals surface area contributed by atoms with Crippen LogP contribution in [0.1, 0.15) is 16.9 Å². The SMILES string of the molecule is CN(Cc1cc2ccccc2s1)C(=O)[C@@H]1C[C@@H](Sc2nc3ccccc3[nH]2)CN1Cc1ccccc1. The number of nitrogens with one attached hydrogen (secondary N) is 1. The van der Waals surface area contributed by atoms with Crippen LogP contribution in [-0.4, -0.2) is 50.6 Å². The van der Waals surface area contributed by atoms with Gasteiger partial charge in [0.05, 0.1) is 23.6 Å². The molecular formula is C29H28N4OS2. The van der Waals surface area contributed by atoms with Crippen LogP contribution in [0.25, 0.3) is 21.1 Å². The fourth-order valence-corrected chi connectivity index (χ4v) is 7.32. The molecule has 1 N–H and O–H groups in total. The number of thiophene rings is 1. The Labute approximate surface area is 219 Å². The van der Waals surface area contributed by atoms with Crippen molar-refractivity contribution in [3.05, 3.63) is 95.4 Å². The van der Waals surface area contributed by atoms with Crippen LogP contribution in [-0.2, 0) is 17.9 Å². The lowest BCUT2D eigenvalue weighted by Gasteiger charge is -2.27. The topological polar surface area (TPSA) is 52.2 Å². The standard InChI is InChI=1S/C29H28N4OS2/c1-32(18-22-15-21-11-5-8-14-27(21)35-22)28(34)26-16-23(19-33(26)17-20-9-3-2-4-10-20)36-29-30-24-12-6-7-13-25(24)31-29/h2-15,23,26H,16-19H2,1H3,(H,30,31)/t23-,26+/m1/s1. The van der Waals surface area contributed by atoms with Gasteiger partial charge in [0.15, 0.2) is 5.16 Å². The third-order valence-electron chi connectivity index (χ3n) is 6.77. The van der Waals surface area contributed by atoms with Crippen LogP contribution < -0.4 is 0 Å². The molecule has 0 bridgehead atoms. The minimum Gasteiger partial charge on any atom is -0.339 e. The zero-order valence-corrected chi connectivity index (χ0v) is 21.8. The molecule has 2 atom stereocenters. The largest absolute Gasteiger partial charge is 0.339 e. The molecule has 7 heteroatoms. The number of para-hydroxylation sites is 2. The molecule has 1 fully saturated rings. The van der Waals surface area contributed by atoms with E-state index in [1.165, 1.54) is 20.5 Å². The number of aromatic amines is 1. The molecule has 5 nitrogen and oxygen atoms in total. The van der Waals surface area contributed by atoms with Crippen molar-refractivity contribution < 1.29 is 4.79 Å². The summed E-state index contributed by atoms with van der Waals surface area (Å²) in [5.74, 6) is 0.191. The second-order valence-electron chi connectivity index (χ2n) is 9.41. The van der Waals surface area contributed by atoms with Gasteiger partial charge in [0.1, 0.15) is 0 Å². The van der Waals surface area contributed by atoms with E-state index in [0.29, 0.717) is 11.8 Å². The highest BCUT2D eigenvalue weighted by Crippen LogP contribution is 2.34. The summed E-state index contributed by atoms with van der Waals surface area (Å²) in [5.41, 5.74) is 3.27. The van der Waals surface area contributed by atoms with Crippen LogP contribution in [0.2, 0.25) is 0 Å². The third kappa shape index (κ3) is 4.91. The number of likely N-dealkylation sites (tertiary alicyclic amines) is 1. The number of H-pyrrole nitrogens is 1. The van der Waals surface area contributed by atoms with E-state index in [2.05, 4.69) is 70.5 Å². The lowest BCUT2D eigenvalue weighted by atomic mass is 10.1. The van der Waals surface area contributed by atoms with Gasteiger partial charge < -0.3 is 9.88 Å². The van der Waals surface area contributed by atoms with Crippen molar-refractivity contribution in [2.45, 2.75) is 36.0 Å². The summed E-state index contributed by atoms with van der Waals surface area (Å²) in [4.78, 5) is 27.4. The summed E-state index contributed by atoms with van der Waals surface area (Å²) in [6.07, 6.45) is 0.810. The van der Waals surface area contributed by atoms with Crippen molar-refractivity contribution >= 4 is 50.1 Å². The minimum absolute atomic E-state index is 0.147. The molecule has 1 aliphatic heterocycles. The van der Waals surface area contributed by atoms with E-state index in [-0.39, 0.29) is 11.9 Å². The Morgan fingerprint density at radius 1 is 1.08 bits per heavy atom. The maximum absolute atomic E-state index is 13.8. The van der Waals surface area contributed by atoms with Crippen molar-refractivity contribution in [3.63, 3.8) is 0 Å². The van der Waals surface area contributed by atoms with Crippen LogP contribution in [0.3, 0.4) is 0 Å². The molecule has 6 rings (SSSR count). The number of hydrogen-bond donors (Lipinski definition) is 1. The van der Waals surface area contributed by atoms with Crippen molar-refractivity contribution in [2.24, 2.45) is 0 Å². The van der Waals surface area contributed by atoms with Crippen LogP contribution in [0.15, 0.2) is 90.1 Å². The molecule has 0 saturated carbocycles. The molecule has 0 aliphatic carbocycles. The van der Waals surface area contributed by atoms with Crippen LogP contribution in [0, 0.1) is 0 Å². The van der Waals surface area contributed by atoms with Gasteiger partial charge in [0, 0.05) is 35.0 Å². The molecule has 2 aromatic heterocycles. The van der Waals surface area contributed by atoms with E-state index in [1.807, 2.05) is 36.2 Å². The van der Waals surface area contributed by atoms with E-state index >= 15 is 0 Å². The normalized spacial score (nSPS) is 18.2. The van der Waals surface area contributed by atoms with Crippen molar-refractivity contribution in [1.29, 1.82) is 0 Å². The van der Waals surface area contributed by atoms with Gasteiger partial charge in [0.25, 0.3) is 0 Å². The smallest absolute Gasteiger partial charge is 0.240 e. The lowest BCUT2D eigenvalue weighted by molar-refractivity contribution is -0.135. The van der Waals surface area contributed by atoms with Gasteiger partial charge in [-0.15, -0.1) is 11.3 Å². The summed E-state index contributed by atoms with van der Waals surface area (Å²) < 4.78 is 1.27. The van der Waals surface area contributed by atoms with E-state index in [0.717, 1.165) is 35.7 Å². The van der Waals surface area contributed by atoms with Gasteiger partial charge in [-0.25, -0.2) is 4.98 Å². The first kappa shape index (κ1) is 23.3. The molecule has 0 spiro atoms. The Kier molecular flexibility index (Phi) is 6.52. The van der Waals surface area contributed by atoms with E-state index < -0.39 is 0 Å². The van der Waals surface area contributed by atoms with Gasteiger partial charge in [-0.1, -0.05) is 72.4 Å². The van der Waals surface area contributed by atoms with E-state index in [4.69, 9.17) is 4.98 Å². The maximum atomic E-state index is 13.8. The van der Waals surface area contributed by atoms with Crippen molar-refractivity contribution in [2.75, 3.05) is 13.6 Å². The predicted octanol–water partition coefficient (Wildman–Crippen LogP) is 6.17. The summed E-state index contributed by atoms with van der Waals surface area (Å²) in [6, 6.07) is 29.0. The fraction of sp³-hybridized carbons (Fsp3) is 0.241. The highest BCUT2D eigenvalue weighted by molar-refractivity contribution is 7.99. The monoisotopic (exact) mass is 512 g/mol. The molecule has 5 aromatic rings. The van der Waals surface area contributed by atoms with Gasteiger partial charge >= 0.3 is 0 Å².